The molecule has 8 saturated carbocycles. The van der Waals surface area contributed by atoms with E-state index in [1.54, 1.807) is 0 Å². The van der Waals surface area contributed by atoms with E-state index in [1.807, 2.05) is 43.0 Å². The molecular formula is C53H48BrFN12S. The molecule has 12 nitrogen and oxygen atoms in total. The summed E-state index contributed by atoms with van der Waals surface area (Å²) in [6.45, 7) is 6.64. The van der Waals surface area contributed by atoms with E-state index in [0.29, 0.717) is 27.7 Å². The molecule has 8 aliphatic carbocycles. The smallest absolute Gasteiger partial charge is 0.230 e. The number of rotatable bonds is 3. The van der Waals surface area contributed by atoms with E-state index in [9.17, 15) is 19.7 Å². The maximum atomic E-state index is 10.2. The number of nitrogens with zero attached hydrogens (tertiary/aromatic N) is 8. The average Bonchev–Trinajstić information content (AvgIpc) is 4.01. The van der Waals surface area contributed by atoms with E-state index >= 15 is 0 Å². The fourth-order valence-electron chi connectivity index (χ4n) is 11.3. The van der Waals surface area contributed by atoms with Gasteiger partial charge in [-0.25, -0.2) is 6.57 Å². The van der Waals surface area contributed by atoms with Crippen molar-refractivity contribution in [3.63, 3.8) is 0 Å². The Morgan fingerprint density at radius 3 is 1.15 bits per heavy atom. The fraction of sp³-hybridized carbons (Fsp3) is 0.396. The van der Waals surface area contributed by atoms with Crippen molar-refractivity contribution in [1.82, 2.24) is 40.8 Å². The standard InChI is InChI=1S/3C13H11N3.C7H5BrN2.C6H7N.CH3FS/c3*14-8-13(7-12(13)3-4-12)10-2-1-9-6-15-16-11(9)5-10;8-6-2-1-5-4-9-10-7(5)3-6;1-7-5-4-6(5)2-3-6;1-3-2/h3*1-2,5-6H,3-4,7H2,(H,15,16);1-4H,(H,9,10);5H,2-4H2;1H3. The number of fused-ring (bicyclic) bond motifs is 4. The van der Waals surface area contributed by atoms with Crippen LogP contribution < -0.4 is 0 Å². The molecule has 8 aromatic rings. The zero-order chi connectivity index (χ0) is 47.0. The molecule has 4 aromatic carbocycles. The van der Waals surface area contributed by atoms with Crippen LogP contribution in [0.5, 0.6) is 0 Å². The second-order valence-electron chi connectivity index (χ2n) is 20.4. The van der Waals surface area contributed by atoms with Crippen molar-refractivity contribution in [3.8, 4) is 18.2 Å². The van der Waals surface area contributed by atoms with Gasteiger partial charge in [-0.1, -0.05) is 58.4 Å². The zero-order valence-corrected chi connectivity index (χ0v) is 39.9. The highest BCUT2D eigenvalue weighted by Crippen LogP contribution is 2.80. The first-order valence-corrected chi connectivity index (χ1v) is 25.1. The number of hydrogen-bond donors (Lipinski definition) is 4. The van der Waals surface area contributed by atoms with Crippen LogP contribution in [0.3, 0.4) is 0 Å². The van der Waals surface area contributed by atoms with Crippen molar-refractivity contribution in [2.24, 2.45) is 21.7 Å². The van der Waals surface area contributed by atoms with Crippen LogP contribution in [0.25, 0.3) is 48.5 Å². The molecule has 8 fully saturated rings. The summed E-state index contributed by atoms with van der Waals surface area (Å²) in [7, 11) is 0. The van der Waals surface area contributed by atoms with Gasteiger partial charge in [-0.05, 0) is 134 Å². The van der Waals surface area contributed by atoms with Crippen molar-refractivity contribution in [1.29, 1.82) is 15.8 Å². The first kappa shape index (κ1) is 44.0. The van der Waals surface area contributed by atoms with Gasteiger partial charge in [0.05, 0.1) is 86.7 Å². The number of H-pyrrole nitrogens is 4. The molecule has 0 saturated heterocycles. The Balaban J connectivity index is 0.0000000941. The molecule has 4 unspecified atom stereocenters. The molecule has 15 heteroatoms. The topological polar surface area (TPSA) is 190 Å². The normalized spacial score (nSPS) is 26.5. The number of nitrogens with one attached hydrogen (secondary N) is 4. The summed E-state index contributed by atoms with van der Waals surface area (Å²) in [5.74, 6) is 0. The lowest BCUT2D eigenvalue weighted by molar-refractivity contribution is 0.738. The number of aromatic nitrogens is 8. The summed E-state index contributed by atoms with van der Waals surface area (Å²) in [4.78, 5) is 3.47. The Morgan fingerprint density at radius 1 is 0.574 bits per heavy atom. The number of benzene rings is 4. The molecular weight excluding hydrogens is 936 g/mol. The van der Waals surface area contributed by atoms with Gasteiger partial charge in [0.15, 0.2) is 0 Å². The highest BCUT2D eigenvalue weighted by molar-refractivity contribution is 9.10. The van der Waals surface area contributed by atoms with Gasteiger partial charge in [-0.3, -0.25) is 20.4 Å². The molecule has 0 amide bonds. The second-order valence-corrected chi connectivity index (χ2v) is 21.6. The van der Waals surface area contributed by atoms with Crippen LogP contribution in [0.1, 0.15) is 93.7 Å². The van der Waals surface area contributed by atoms with Gasteiger partial charge in [0, 0.05) is 50.8 Å². The molecule has 4 atom stereocenters. The third-order valence-corrected chi connectivity index (χ3v) is 17.2. The highest BCUT2D eigenvalue weighted by atomic mass is 79.9. The van der Waals surface area contributed by atoms with Crippen molar-refractivity contribution in [3.05, 3.63) is 130 Å². The van der Waals surface area contributed by atoms with Gasteiger partial charge < -0.3 is 4.85 Å². The lowest BCUT2D eigenvalue weighted by Crippen LogP contribution is -2.07. The van der Waals surface area contributed by atoms with Crippen LogP contribution in [0.4, 0.5) is 3.89 Å². The maximum Gasteiger partial charge on any atom is 0.230 e. The van der Waals surface area contributed by atoms with Crippen molar-refractivity contribution in [2.45, 2.75) is 99.3 Å². The van der Waals surface area contributed by atoms with E-state index in [1.165, 1.54) is 80.7 Å². The molecule has 4 heterocycles. The molecule has 4 N–H and O–H groups in total. The monoisotopic (exact) mass is 982 g/mol. The SMILES string of the molecule is Brc1ccc2cn[nH]c2c1.CSF.N#CC1(c2ccc3cn[nH]c3c2)CC12CC2.N#CC1(c2ccc3cn[nH]c3c2)CC12CC2.N#CC1(c2ccc3cn[nH]c3c2)CC12CC2.[C-]#[N+]C1CC12CC2. The van der Waals surface area contributed by atoms with Gasteiger partial charge in [0.25, 0.3) is 0 Å². The van der Waals surface area contributed by atoms with Crippen molar-refractivity contribution in [2.75, 3.05) is 6.26 Å². The van der Waals surface area contributed by atoms with Gasteiger partial charge in [-0.2, -0.15) is 40.1 Å². The average molecular weight is 984 g/mol. The molecule has 68 heavy (non-hydrogen) atoms. The summed E-state index contributed by atoms with van der Waals surface area (Å²) in [5, 5.41) is 60.5. The number of hydrogen-bond acceptors (Lipinski definition) is 8. The summed E-state index contributed by atoms with van der Waals surface area (Å²) in [6, 6.07) is 32.8. The van der Waals surface area contributed by atoms with E-state index < -0.39 is 0 Å². The van der Waals surface area contributed by atoms with Crippen LogP contribution in [0.2, 0.25) is 0 Å². The number of aromatic amines is 4. The van der Waals surface area contributed by atoms with Crippen LogP contribution in [0.15, 0.2) is 102 Å². The zero-order valence-electron chi connectivity index (χ0n) is 37.5. The van der Waals surface area contributed by atoms with Crippen LogP contribution in [-0.2, 0) is 16.2 Å². The lowest BCUT2D eigenvalue weighted by atomic mass is 9.93. The predicted octanol–water partition coefficient (Wildman–Crippen LogP) is 12.5. The lowest BCUT2D eigenvalue weighted by Gasteiger charge is -2.07. The molecule has 340 valence electrons. The molecule has 8 aliphatic rings. The quantitative estimate of drug-likeness (QED) is 0.126. The highest BCUT2D eigenvalue weighted by Gasteiger charge is 2.77. The summed E-state index contributed by atoms with van der Waals surface area (Å²) >= 11 is 3.62. The summed E-state index contributed by atoms with van der Waals surface area (Å²) in [6.07, 6.45) is 23.0. The number of nitriles is 3. The summed E-state index contributed by atoms with van der Waals surface area (Å²) < 4.78 is 11.3. The van der Waals surface area contributed by atoms with E-state index in [2.05, 4.69) is 134 Å². The second kappa shape index (κ2) is 16.0. The maximum absolute atomic E-state index is 10.2. The molecule has 0 radical (unpaired) electrons. The van der Waals surface area contributed by atoms with Crippen LogP contribution >= 0.6 is 28.1 Å². The minimum atomic E-state index is -0.188. The van der Waals surface area contributed by atoms with Gasteiger partial charge >= 0.3 is 0 Å². The largest absolute Gasteiger partial charge is 0.313 e. The van der Waals surface area contributed by atoms with E-state index in [0.717, 1.165) is 67.3 Å². The molecule has 4 spiro atoms. The Hall–Kier alpha value is -6.52. The Kier molecular flexibility index (Phi) is 10.4. The predicted molar refractivity (Wildman–Crippen MR) is 264 cm³/mol. The van der Waals surface area contributed by atoms with E-state index in [-0.39, 0.29) is 28.4 Å². The third-order valence-electron chi connectivity index (χ3n) is 16.7. The first-order valence-electron chi connectivity index (χ1n) is 23.2. The molecule has 4 aromatic heterocycles. The minimum Gasteiger partial charge on any atom is -0.313 e. The van der Waals surface area contributed by atoms with Gasteiger partial charge in [0.2, 0.25) is 6.04 Å². The Labute approximate surface area is 405 Å². The summed E-state index contributed by atoms with van der Waals surface area (Å²) in [5.41, 5.74) is 8.76. The number of halogens is 2. The fourth-order valence-corrected chi connectivity index (χ4v) is 11.6. The van der Waals surface area contributed by atoms with Crippen LogP contribution in [-0.4, -0.2) is 53.1 Å². The van der Waals surface area contributed by atoms with Gasteiger partial charge in [-0.15, -0.1) is 0 Å². The molecule has 16 rings (SSSR count). The Morgan fingerprint density at radius 2 is 0.897 bits per heavy atom. The van der Waals surface area contributed by atoms with Crippen molar-refractivity contribution < 1.29 is 3.89 Å². The third kappa shape index (κ3) is 7.34. The van der Waals surface area contributed by atoms with Crippen molar-refractivity contribution >= 4 is 71.7 Å². The first-order chi connectivity index (χ1) is 33.0. The van der Waals surface area contributed by atoms with E-state index in [4.69, 9.17) is 6.57 Å². The Bertz CT molecular complexity index is 3150. The van der Waals surface area contributed by atoms with Gasteiger partial charge in [0.1, 0.15) is 0 Å². The molecule has 0 aliphatic heterocycles. The molecule has 0 bridgehead atoms. The van der Waals surface area contributed by atoms with Crippen LogP contribution in [0, 0.1) is 62.2 Å². The minimum absolute atomic E-state index is 0.188.